The van der Waals surface area contributed by atoms with Crippen LogP contribution in [0.5, 0.6) is 5.75 Å². The maximum atomic E-state index is 13.1. The summed E-state index contributed by atoms with van der Waals surface area (Å²) in [5.41, 5.74) is 2.36. The number of rotatable bonds is 5. The number of piperazine rings is 1. The maximum absolute atomic E-state index is 13.1. The summed E-state index contributed by atoms with van der Waals surface area (Å²) in [5.74, 6) is 0.502. The Bertz CT molecular complexity index is 1000. The van der Waals surface area contributed by atoms with E-state index in [1.165, 1.54) is 6.42 Å². The van der Waals surface area contributed by atoms with Crippen molar-refractivity contribution in [2.45, 2.75) is 19.3 Å². The first-order valence-electron chi connectivity index (χ1n) is 10.9. The van der Waals surface area contributed by atoms with E-state index in [1.807, 2.05) is 23.1 Å². The Kier molecular flexibility index (Phi) is 6.83. The van der Waals surface area contributed by atoms with Gasteiger partial charge in [-0.3, -0.25) is 14.9 Å². The Balaban J connectivity index is 1.49. The molecule has 0 bridgehead atoms. The molecule has 2 saturated heterocycles. The second-order valence-electron chi connectivity index (χ2n) is 8.10. The van der Waals surface area contributed by atoms with Crippen molar-refractivity contribution in [2.24, 2.45) is 0 Å². The molecule has 0 unspecified atom stereocenters. The number of halogens is 1. The number of hydrogen-bond donors (Lipinski definition) is 0. The van der Waals surface area contributed by atoms with Gasteiger partial charge in [0.2, 0.25) is 0 Å². The molecular formula is C23H27BrN4O4. The van der Waals surface area contributed by atoms with Crippen LogP contribution in [0.4, 0.5) is 17.1 Å². The lowest BCUT2D eigenvalue weighted by Crippen LogP contribution is -2.49. The van der Waals surface area contributed by atoms with Gasteiger partial charge >= 0.3 is 0 Å². The molecule has 0 radical (unpaired) electrons. The minimum Gasteiger partial charge on any atom is -0.496 e. The number of anilines is 2. The molecule has 0 spiro atoms. The lowest BCUT2D eigenvalue weighted by Gasteiger charge is -2.37. The molecule has 2 heterocycles. The van der Waals surface area contributed by atoms with E-state index in [2.05, 4.69) is 25.7 Å². The molecule has 0 N–H and O–H groups in total. The van der Waals surface area contributed by atoms with E-state index in [0.29, 0.717) is 43.2 Å². The second kappa shape index (κ2) is 9.77. The van der Waals surface area contributed by atoms with Crippen molar-refractivity contribution in [2.75, 3.05) is 56.2 Å². The molecule has 9 heteroatoms. The van der Waals surface area contributed by atoms with Gasteiger partial charge in [-0.2, -0.15) is 0 Å². The van der Waals surface area contributed by atoms with Gasteiger partial charge in [0, 0.05) is 55.5 Å². The fourth-order valence-electron chi connectivity index (χ4n) is 4.44. The van der Waals surface area contributed by atoms with Gasteiger partial charge in [-0.05, 0) is 49.6 Å². The molecule has 0 aromatic heterocycles. The average Bonchev–Trinajstić information content (AvgIpc) is 2.83. The van der Waals surface area contributed by atoms with Crippen molar-refractivity contribution >= 4 is 38.9 Å². The first-order valence-corrected chi connectivity index (χ1v) is 11.7. The number of benzene rings is 2. The Hall–Kier alpha value is -2.81. The zero-order valence-electron chi connectivity index (χ0n) is 18.1. The quantitative estimate of drug-likeness (QED) is 0.447. The molecule has 0 atom stereocenters. The number of ether oxygens (including phenoxy) is 1. The van der Waals surface area contributed by atoms with Gasteiger partial charge in [-0.25, -0.2) is 0 Å². The van der Waals surface area contributed by atoms with Crippen molar-refractivity contribution in [1.29, 1.82) is 0 Å². The Labute approximate surface area is 196 Å². The second-order valence-corrected chi connectivity index (χ2v) is 9.02. The number of methoxy groups -OCH3 is 1. The highest BCUT2D eigenvalue weighted by molar-refractivity contribution is 9.10. The standard InChI is InChI=1S/C23H27BrN4O4/c1-32-22-8-5-17(24)15-19(22)23(29)27-13-11-25(12-14-27)18-6-7-20(28(30)31)21(16-18)26-9-3-2-4-10-26/h5-8,15-16H,2-4,9-14H2,1H3. The van der Waals surface area contributed by atoms with E-state index in [4.69, 9.17) is 4.74 Å². The van der Waals surface area contributed by atoms with E-state index < -0.39 is 0 Å². The third-order valence-corrected chi connectivity index (χ3v) is 6.67. The van der Waals surface area contributed by atoms with Crippen molar-refractivity contribution in [3.8, 4) is 5.75 Å². The number of nitro benzene ring substituents is 1. The molecular weight excluding hydrogens is 476 g/mol. The Morgan fingerprint density at radius 1 is 0.969 bits per heavy atom. The molecule has 8 nitrogen and oxygen atoms in total. The molecule has 2 aliphatic heterocycles. The number of carbonyl (C=O) groups is 1. The molecule has 0 saturated carbocycles. The van der Waals surface area contributed by atoms with E-state index in [-0.39, 0.29) is 16.5 Å². The van der Waals surface area contributed by atoms with E-state index in [0.717, 1.165) is 36.1 Å². The molecule has 170 valence electrons. The van der Waals surface area contributed by atoms with Gasteiger partial charge < -0.3 is 19.4 Å². The van der Waals surface area contributed by atoms with Gasteiger partial charge in [-0.1, -0.05) is 15.9 Å². The number of nitrogens with zero attached hydrogens (tertiary/aromatic N) is 4. The molecule has 2 aromatic carbocycles. The average molecular weight is 503 g/mol. The summed E-state index contributed by atoms with van der Waals surface area (Å²) in [6, 6.07) is 10.8. The zero-order chi connectivity index (χ0) is 22.7. The number of piperidine rings is 1. The zero-order valence-corrected chi connectivity index (χ0v) is 19.7. The van der Waals surface area contributed by atoms with E-state index in [1.54, 1.807) is 25.3 Å². The van der Waals surface area contributed by atoms with Crippen LogP contribution < -0.4 is 14.5 Å². The summed E-state index contributed by atoms with van der Waals surface area (Å²) in [5, 5.41) is 11.6. The highest BCUT2D eigenvalue weighted by Crippen LogP contribution is 2.35. The van der Waals surface area contributed by atoms with Crippen molar-refractivity contribution in [1.82, 2.24) is 4.90 Å². The van der Waals surface area contributed by atoms with E-state index >= 15 is 0 Å². The van der Waals surface area contributed by atoms with Crippen LogP contribution in [-0.2, 0) is 0 Å². The smallest absolute Gasteiger partial charge is 0.292 e. The lowest BCUT2D eigenvalue weighted by molar-refractivity contribution is -0.384. The molecule has 2 aliphatic rings. The Morgan fingerprint density at radius 2 is 1.69 bits per heavy atom. The first-order chi connectivity index (χ1) is 15.5. The molecule has 2 fully saturated rings. The minimum atomic E-state index is -0.296. The van der Waals surface area contributed by atoms with Crippen LogP contribution >= 0.6 is 15.9 Å². The first kappa shape index (κ1) is 22.4. The topological polar surface area (TPSA) is 79.2 Å². The monoisotopic (exact) mass is 502 g/mol. The number of nitro groups is 1. The van der Waals surface area contributed by atoms with Crippen LogP contribution in [0, 0.1) is 10.1 Å². The summed E-state index contributed by atoms with van der Waals surface area (Å²) in [6.07, 6.45) is 3.28. The molecule has 0 aliphatic carbocycles. The predicted octanol–water partition coefficient (Wildman–Crippen LogP) is 4.32. The molecule has 1 amide bonds. The molecule has 4 rings (SSSR count). The summed E-state index contributed by atoms with van der Waals surface area (Å²) in [7, 11) is 1.56. The van der Waals surface area contributed by atoms with Crippen molar-refractivity contribution < 1.29 is 14.5 Å². The molecule has 32 heavy (non-hydrogen) atoms. The van der Waals surface area contributed by atoms with Gasteiger partial charge in [0.15, 0.2) is 0 Å². The normalized spacial score (nSPS) is 16.8. The van der Waals surface area contributed by atoms with Crippen molar-refractivity contribution in [3.63, 3.8) is 0 Å². The highest BCUT2D eigenvalue weighted by atomic mass is 79.9. The van der Waals surface area contributed by atoms with E-state index in [9.17, 15) is 14.9 Å². The number of hydrogen-bond acceptors (Lipinski definition) is 6. The predicted molar refractivity (Wildman–Crippen MR) is 128 cm³/mol. The summed E-state index contributed by atoms with van der Waals surface area (Å²) in [6.45, 7) is 4.18. The highest BCUT2D eigenvalue weighted by Gasteiger charge is 2.27. The summed E-state index contributed by atoms with van der Waals surface area (Å²) in [4.78, 5) is 30.5. The molecule has 2 aromatic rings. The summed E-state index contributed by atoms with van der Waals surface area (Å²) < 4.78 is 6.20. The van der Waals surface area contributed by atoms with Crippen LogP contribution in [0.1, 0.15) is 29.6 Å². The largest absolute Gasteiger partial charge is 0.496 e. The third-order valence-electron chi connectivity index (χ3n) is 6.18. The number of amides is 1. The van der Waals surface area contributed by atoms with Gasteiger partial charge in [-0.15, -0.1) is 0 Å². The minimum absolute atomic E-state index is 0.0551. The van der Waals surface area contributed by atoms with Crippen molar-refractivity contribution in [3.05, 3.63) is 56.5 Å². The maximum Gasteiger partial charge on any atom is 0.292 e. The van der Waals surface area contributed by atoms with Crippen LogP contribution in [-0.4, -0.2) is 62.1 Å². The SMILES string of the molecule is COc1ccc(Br)cc1C(=O)N1CCN(c2ccc([N+](=O)[O-])c(N3CCCCC3)c2)CC1. The summed E-state index contributed by atoms with van der Waals surface area (Å²) >= 11 is 3.43. The van der Waals surface area contributed by atoms with Crippen LogP contribution in [0.25, 0.3) is 0 Å². The van der Waals surface area contributed by atoms with Gasteiger partial charge in [0.25, 0.3) is 11.6 Å². The van der Waals surface area contributed by atoms with Crippen LogP contribution in [0.3, 0.4) is 0 Å². The Morgan fingerprint density at radius 3 is 2.34 bits per heavy atom. The fraction of sp³-hybridized carbons (Fsp3) is 0.435. The van der Waals surface area contributed by atoms with Crippen LogP contribution in [0.15, 0.2) is 40.9 Å². The lowest BCUT2D eigenvalue weighted by atomic mass is 10.1. The van der Waals surface area contributed by atoms with Crippen LogP contribution in [0.2, 0.25) is 0 Å². The fourth-order valence-corrected chi connectivity index (χ4v) is 4.80. The number of carbonyl (C=O) groups excluding carboxylic acids is 1. The third kappa shape index (κ3) is 4.67. The van der Waals surface area contributed by atoms with Gasteiger partial charge in [0.05, 0.1) is 17.6 Å². The van der Waals surface area contributed by atoms with Gasteiger partial charge in [0.1, 0.15) is 11.4 Å².